The number of carbonyl (C=O) groups excluding carboxylic acids is 1. The smallest absolute Gasteiger partial charge is 0.234 e. The third-order valence-electron chi connectivity index (χ3n) is 2.47. The van der Waals surface area contributed by atoms with Gasteiger partial charge in [-0.15, -0.1) is 11.8 Å². The topological polar surface area (TPSA) is 57.8 Å². The van der Waals surface area contributed by atoms with Gasteiger partial charge in [0.15, 0.2) is 0 Å². The highest BCUT2D eigenvalue weighted by molar-refractivity contribution is 8.00. The Labute approximate surface area is 110 Å². The lowest BCUT2D eigenvalue weighted by atomic mass is 10.3. The van der Waals surface area contributed by atoms with Crippen LogP contribution in [-0.2, 0) is 4.79 Å². The molecule has 0 atom stereocenters. The highest BCUT2D eigenvalue weighted by atomic mass is 32.2. The van der Waals surface area contributed by atoms with Crippen LogP contribution in [0.5, 0.6) is 0 Å². The molecule has 0 bridgehead atoms. The van der Waals surface area contributed by atoms with E-state index in [0.29, 0.717) is 5.75 Å². The Morgan fingerprint density at radius 2 is 2.06 bits per heavy atom. The summed E-state index contributed by atoms with van der Waals surface area (Å²) in [5.74, 6) is 0.377. The second-order valence-electron chi connectivity index (χ2n) is 3.97. The van der Waals surface area contributed by atoms with Gasteiger partial charge in [0.2, 0.25) is 5.91 Å². The minimum Gasteiger partial charge on any atom is -0.325 e. The van der Waals surface area contributed by atoms with Crippen molar-refractivity contribution in [2.45, 2.75) is 18.7 Å². The Morgan fingerprint density at radius 3 is 2.67 bits per heavy atom. The predicted octanol–water partition coefficient (Wildman–Crippen LogP) is 2.76. The molecule has 0 saturated heterocycles. The van der Waals surface area contributed by atoms with Gasteiger partial charge >= 0.3 is 0 Å². The molecule has 2 rings (SSSR count). The summed E-state index contributed by atoms with van der Waals surface area (Å²) < 4.78 is 0. The van der Waals surface area contributed by atoms with Crippen LogP contribution >= 0.6 is 11.8 Å². The van der Waals surface area contributed by atoms with Crippen LogP contribution in [0.3, 0.4) is 0 Å². The molecule has 1 aromatic carbocycles. The molecule has 0 spiro atoms. The number of amides is 1. The largest absolute Gasteiger partial charge is 0.325 e. The molecule has 1 heterocycles. The van der Waals surface area contributed by atoms with E-state index in [4.69, 9.17) is 0 Å². The van der Waals surface area contributed by atoms with Gasteiger partial charge in [0.1, 0.15) is 0 Å². The predicted molar refractivity (Wildman–Crippen MR) is 73.9 cm³/mol. The average Bonchev–Trinajstić information content (AvgIpc) is 2.68. The summed E-state index contributed by atoms with van der Waals surface area (Å²) in [5, 5.41) is 9.86. The van der Waals surface area contributed by atoms with Crippen molar-refractivity contribution in [2.24, 2.45) is 0 Å². The number of H-pyrrole nitrogens is 1. The Bertz CT molecular complexity index is 517. The molecule has 0 aliphatic carbocycles. The number of hydrogen-bond donors (Lipinski definition) is 2. The molecular weight excluding hydrogens is 246 g/mol. The van der Waals surface area contributed by atoms with E-state index in [2.05, 4.69) is 15.5 Å². The number of rotatable bonds is 4. The lowest BCUT2D eigenvalue weighted by molar-refractivity contribution is -0.113. The van der Waals surface area contributed by atoms with Crippen LogP contribution in [0, 0.1) is 13.8 Å². The van der Waals surface area contributed by atoms with Crippen molar-refractivity contribution in [2.75, 3.05) is 11.1 Å². The summed E-state index contributed by atoms with van der Waals surface area (Å²) in [6.45, 7) is 3.89. The standard InChI is InChI=1S/C13H15N3OS/c1-9-13(10(2)16-15-9)18-8-12(17)14-11-6-4-3-5-7-11/h3-7H,8H2,1-2H3,(H,14,17)(H,15,16). The van der Waals surface area contributed by atoms with E-state index < -0.39 is 0 Å². The van der Waals surface area contributed by atoms with Crippen molar-refractivity contribution in [1.82, 2.24) is 10.2 Å². The zero-order valence-corrected chi connectivity index (χ0v) is 11.2. The molecule has 94 valence electrons. The number of nitrogens with zero attached hydrogens (tertiary/aromatic N) is 1. The van der Waals surface area contributed by atoms with E-state index in [9.17, 15) is 4.79 Å². The quantitative estimate of drug-likeness (QED) is 0.832. The Hall–Kier alpha value is -1.75. The van der Waals surface area contributed by atoms with Gasteiger partial charge in [0.05, 0.1) is 16.3 Å². The first-order chi connectivity index (χ1) is 8.66. The Kier molecular flexibility index (Phi) is 4.04. The highest BCUT2D eigenvalue weighted by Crippen LogP contribution is 2.24. The molecule has 2 N–H and O–H groups in total. The fraction of sp³-hybridized carbons (Fsp3) is 0.231. The van der Waals surface area contributed by atoms with E-state index in [1.807, 2.05) is 44.2 Å². The number of hydrogen-bond acceptors (Lipinski definition) is 3. The van der Waals surface area contributed by atoms with Crippen molar-refractivity contribution in [3.05, 3.63) is 41.7 Å². The van der Waals surface area contributed by atoms with Gasteiger partial charge < -0.3 is 5.32 Å². The number of nitrogens with one attached hydrogen (secondary N) is 2. The minimum atomic E-state index is -0.00815. The van der Waals surface area contributed by atoms with E-state index in [1.165, 1.54) is 11.8 Å². The van der Waals surface area contributed by atoms with Crippen LogP contribution in [0.2, 0.25) is 0 Å². The first kappa shape index (κ1) is 12.7. The summed E-state index contributed by atoms with van der Waals surface area (Å²) in [7, 11) is 0. The monoisotopic (exact) mass is 261 g/mol. The third kappa shape index (κ3) is 3.13. The lowest BCUT2D eigenvalue weighted by Gasteiger charge is -2.04. The van der Waals surface area contributed by atoms with Gasteiger partial charge in [0, 0.05) is 11.4 Å². The number of benzene rings is 1. The molecule has 1 aromatic heterocycles. The number of carbonyl (C=O) groups is 1. The summed E-state index contributed by atoms with van der Waals surface area (Å²) in [6, 6.07) is 9.46. The number of aryl methyl sites for hydroxylation is 2. The number of thioether (sulfide) groups is 1. The first-order valence-electron chi connectivity index (χ1n) is 5.66. The van der Waals surface area contributed by atoms with Gasteiger partial charge in [-0.3, -0.25) is 9.89 Å². The average molecular weight is 261 g/mol. The molecular formula is C13H15N3OS. The summed E-state index contributed by atoms with van der Waals surface area (Å²) in [5.41, 5.74) is 2.76. The minimum absolute atomic E-state index is 0.00815. The summed E-state index contributed by atoms with van der Waals surface area (Å²) >= 11 is 1.50. The lowest BCUT2D eigenvalue weighted by Crippen LogP contribution is -2.13. The molecule has 0 aliphatic rings. The van der Waals surface area contributed by atoms with Crippen LogP contribution in [0.25, 0.3) is 0 Å². The van der Waals surface area contributed by atoms with Crippen molar-refractivity contribution in [3.63, 3.8) is 0 Å². The zero-order chi connectivity index (χ0) is 13.0. The molecule has 0 fully saturated rings. The maximum Gasteiger partial charge on any atom is 0.234 e. The van der Waals surface area contributed by atoms with Gasteiger partial charge in [-0.25, -0.2) is 0 Å². The second-order valence-corrected chi connectivity index (χ2v) is 4.95. The maximum atomic E-state index is 11.8. The first-order valence-corrected chi connectivity index (χ1v) is 6.64. The highest BCUT2D eigenvalue weighted by Gasteiger charge is 2.09. The number of anilines is 1. The SMILES string of the molecule is Cc1n[nH]c(C)c1SCC(=O)Nc1ccccc1. The zero-order valence-electron chi connectivity index (χ0n) is 10.4. The Balaban J connectivity index is 1.89. The summed E-state index contributed by atoms with van der Waals surface area (Å²) in [4.78, 5) is 12.8. The van der Waals surface area contributed by atoms with Crippen molar-refractivity contribution < 1.29 is 4.79 Å². The molecule has 18 heavy (non-hydrogen) atoms. The van der Waals surface area contributed by atoms with Gasteiger partial charge in [-0.2, -0.15) is 5.10 Å². The third-order valence-corrected chi connectivity index (χ3v) is 3.76. The van der Waals surface area contributed by atoms with E-state index in [1.54, 1.807) is 0 Å². The van der Waals surface area contributed by atoms with Gasteiger partial charge in [-0.1, -0.05) is 18.2 Å². The molecule has 0 saturated carbocycles. The Morgan fingerprint density at radius 1 is 1.33 bits per heavy atom. The van der Waals surface area contributed by atoms with Gasteiger partial charge in [0.25, 0.3) is 0 Å². The van der Waals surface area contributed by atoms with Crippen molar-refractivity contribution >= 4 is 23.4 Å². The number of para-hydroxylation sites is 1. The van der Waals surface area contributed by atoms with Crippen LogP contribution in [0.1, 0.15) is 11.4 Å². The fourth-order valence-corrected chi connectivity index (χ4v) is 2.47. The van der Waals surface area contributed by atoms with Crippen LogP contribution in [-0.4, -0.2) is 21.9 Å². The molecule has 0 aliphatic heterocycles. The summed E-state index contributed by atoms with van der Waals surface area (Å²) in [6.07, 6.45) is 0. The normalized spacial score (nSPS) is 10.3. The molecule has 4 nitrogen and oxygen atoms in total. The molecule has 0 radical (unpaired) electrons. The second kappa shape index (κ2) is 5.73. The van der Waals surface area contributed by atoms with Crippen LogP contribution in [0.15, 0.2) is 35.2 Å². The van der Waals surface area contributed by atoms with E-state index >= 15 is 0 Å². The molecule has 1 amide bonds. The fourth-order valence-electron chi connectivity index (χ4n) is 1.61. The molecule has 2 aromatic rings. The van der Waals surface area contributed by atoms with Gasteiger partial charge in [-0.05, 0) is 26.0 Å². The van der Waals surface area contributed by atoms with Crippen LogP contribution in [0.4, 0.5) is 5.69 Å². The maximum absolute atomic E-state index is 11.8. The molecule has 5 heteroatoms. The van der Waals surface area contributed by atoms with Crippen molar-refractivity contribution in [3.8, 4) is 0 Å². The van der Waals surface area contributed by atoms with E-state index in [0.717, 1.165) is 22.0 Å². The molecule has 0 unspecified atom stereocenters. The van der Waals surface area contributed by atoms with Crippen molar-refractivity contribution in [1.29, 1.82) is 0 Å². The van der Waals surface area contributed by atoms with Crippen LogP contribution < -0.4 is 5.32 Å². The number of aromatic amines is 1. The van der Waals surface area contributed by atoms with E-state index in [-0.39, 0.29) is 5.91 Å². The number of aromatic nitrogens is 2.